The van der Waals surface area contributed by atoms with Crippen molar-refractivity contribution in [1.29, 1.82) is 0 Å². The average Bonchev–Trinajstić information content (AvgIpc) is 2.52. The van der Waals surface area contributed by atoms with Crippen molar-refractivity contribution in [3.8, 4) is 5.75 Å². The molecule has 1 aromatic heterocycles. The minimum atomic E-state index is 0.232. The minimum Gasteiger partial charge on any atom is -0.508 e. The number of phenolic OH excluding ortho intramolecular Hbond substituents is 1. The van der Waals surface area contributed by atoms with E-state index in [0.717, 1.165) is 15.6 Å². The molecule has 0 unspecified atom stereocenters. The first-order valence-electron chi connectivity index (χ1n) is 6.83. The molecule has 0 aliphatic heterocycles. The van der Waals surface area contributed by atoms with Gasteiger partial charge in [-0.2, -0.15) is 0 Å². The van der Waals surface area contributed by atoms with Gasteiger partial charge in [-0.25, -0.2) is 9.97 Å². The van der Waals surface area contributed by atoms with Crippen molar-refractivity contribution >= 4 is 23.4 Å². The van der Waals surface area contributed by atoms with Gasteiger partial charge in [0.2, 0.25) is 5.95 Å². The first-order chi connectivity index (χ1) is 10.7. The number of nitrogens with zero attached hydrogens (tertiary/aromatic N) is 2. The fraction of sp³-hybridized carbons (Fsp3) is 0.0588. The molecule has 0 bridgehead atoms. The Bertz CT molecular complexity index is 695. The summed E-state index contributed by atoms with van der Waals surface area (Å²) >= 11 is 1.59. The number of rotatable bonds is 4. The average molecular weight is 309 g/mol. The zero-order valence-electron chi connectivity index (χ0n) is 12.0. The highest BCUT2D eigenvalue weighted by Crippen LogP contribution is 2.27. The fourth-order valence-corrected chi connectivity index (χ4v) is 2.63. The van der Waals surface area contributed by atoms with Crippen LogP contribution in [-0.4, -0.2) is 15.1 Å². The summed E-state index contributed by atoms with van der Waals surface area (Å²) < 4.78 is 0. The van der Waals surface area contributed by atoms with Crippen LogP contribution in [0.25, 0.3) is 0 Å². The van der Waals surface area contributed by atoms with Crippen LogP contribution >= 0.6 is 11.8 Å². The van der Waals surface area contributed by atoms with Crippen LogP contribution in [0.1, 0.15) is 5.56 Å². The third kappa shape index (κ3) is 3.77. The van der Waals surface area contributed by atoms with Gasteiger partial charge >= 0.3 is 0 Å². The maximum Gasteiger partial charge on any atom is 0.228 e. The lowest BCUT2D eigenvalue weighted by atomic mass is 10.2. The summed E-state index contributed by atoms with van der Waals surface area (Å²) in [5.41, 5.74) is 2.07. The standard InChI is InChI=1S/C17H15N3OS/c1-12-2-8-15(9-3-12)22-16-10-11-18-17(20-16)19-13-4-6-14(21)7-5-13/h2-11,21H,1H3,(H,18,19,20). The molecule has 0 fully saturated rings. The van der Waals surface area contributed by atoms with E-state index >= 15 is 0 Å². The Labute approximate surface area is 133 Å². The lowest BCUT2D eigenvalue weighted by molar-refractivity contribution is 0.475. The molecule has 2 aromatic carbocycles. The number of aromatic nitrogens is 2. The van der Waals surface area contributed by atoms with Crippen molar-refractivity contribution < 1.29 is 5.11 Å². The lowest BCUT2D eigenvalue weighted by Crippen LogP contribution is -1.97. The molecular formula is C17H15N3OS. The maximum absolute atomic E-state index is 9.29. The zero-order chi connectivity index (χ0) is 15.4. The maximum atomic E-state index is 9.29. The number of phenols is 1. The largest absolute Gasteiger partial charge is 0.508 e. The summed E-state index contributed by atoms with van der Waals surface area (Å²) in [6.07, 6.45) is 1.73. The Balaban J connectivity index is 1.74. The van der Waals surface area contributed by atoms with Gasteiger partial charge in [0.15, 0.2) is 0 Å². The minimum absolute atomic E-state index is 0.232. The molecule has 22 heavy (non-hydrogen) atoms. The van der Waals surface area contributed by atoms with E-state index in [1.807, 2.05) is 6.07 Å². The first kappa shape index (κ1) is 14.4. The van der Waals surface area contributed by atoms with Crippen LogP contribution in [0.4, 0.5) is 11.6 Å². The van der Waals surface area contributed by atoms with Crippen LogP contribution in [0.2, 0.25) is 0 Å². The molecular weight excluding hydrogens is 294 g/mol. The zero-order valence-corrected chi connectivity index (χ0v) is 12.8. The molecule has 0 aliphatic rings. The molecule has 3 rings (SSSR count). The molecule has 0 amide bonds. The first-order valence-corrected chi connectivity index (χ1v) is 7.64. The van der Waals surface area contributed by atoms with Crippen molar-refractivity contribution in [2.24, 2.45) is 0 Å². The summed E-state index contributed by atoms with van der Waals surface area (Å²) in [6.45, 7) is 2.07. The van der Waals surface area contributed by atoms with Crippen molar-refractivity contribution in [3.63, 3.8) is 0 Å². The van der Waals surface area contributed by atoms with Gasteiger partial charge in [0.25, 0.3) is 0 Å². The number of benzene rings is 2. The Morgan fingerprint density at radius 3 is 2.41 bits per heavy atom. The molecule has 0 saturated carbocycles. The Morgan fingerprint density at radius 2 is 1.68 bits per heavy atom. The normalized spacial score (nSPS) is 10.4. The quantitative estimate of drug-likeness (QED) is 0.553. The van der Waals surface area contributed by atoms with Crippen molar-refractivity contribution in [2.75, 3.05) is 5.32 Å². The Hall–Kier alpha value is -2.53. The second-order valence-electron chi connectivity index (χ2n) is 4.81. The predicted molar refractivity (Wildman–Crippen MR) is 88.7 cm³/mol. The molecule has 0 radical (unpaired) electrons. The molecule has 0 atom stereocenters. The van der Waals surface area contributed by atoms with Crippen molar-refractivity contribution in [3.05, 3.63) is 66.4 Å². The van der Waals surface area contributed by atoms with Crippen LogP contribution in [0.3, 0.4) is 0 Å². The number of hydrogen-bond acceptors (Lipinski definition) is 5. The van der Waals surface area contributed by atoms with E-state index in [9.17, 15) is 5.11 Å². The molecule has 0 spiro atoms. The van der Waals surface area contributed by atoms with E-state index in [2.05, 4.69) is 46.5 Å². The van der Waals surface area contributed by atoms with Gasteiger partial charge in [-0.05, 0) is 49.4 Å². The highest BCUT2D eigenvalue weighted by molar-refractivity contribution is 7.99. The number of aromatic hydroxyl groups is 1. The van der Waals surface area contributed by atoms with Crippen LogP contribution < -0.4 is 5.32 Å². The third-order valence-corrected chi connectivity index (χ3v) is 3.94. The summed E-state index contributed by atoms with van der Waals surface area (Å²) in [5.74, 6) is 0.762. The van der Waals surface area contributed by atoms with E-state index < -0.39 is 0 Å². The summed E-state index contributed by atoms with van der Waals surface area (Å²) in [4.78, 5) is 9.84. The van der Waals surface area contributed by atoms with Gasteiger partial charge in [-0.15, -0.1) is 0 Å². The molecule has 0 aliphatic carbocycles. The summed E-state index contributed by atoms with van der Waals surface area (Å²) in [5, 5.41) is 13.3. The van der Waals surface area contributed by atoms with Gasteiger partial charge in [0, 0.05) is 16.8 Å². The van der Waals surface area contributed by atoms with E-state index in [1.165, 1.54) is 5.56 Å². The number of nitrogens with one attached hydrogen (secondary N) is 1. The van der Waals surface area contributed by atoms with Crippen LogP contribution in [-0.2, 0) is 0 Å². The van der Waals surface area contributed by atoms with E-state index in [-0.39, 0.29) is 5.75 Å². The van der Waals surface area contributed by atoms with Crippen molar-refractivity contribution in [2.45, 2.75) is 16.8 Å². The Morgan fingerprint density at radius 1 is 0.955 bits per heavy atom. The van der Waals surface area contributed by atoms with Crippen LogP contribution in [0.5, 0.6) is 5.75 Å². The molecule has 5 heteroatoms. The second kappa shape index (κ2) is 6.49. The van der Waals surface area contributed by atoms with E-state index in [0.29, 0.717) is 5.95 Å². The topological polar surface area (TPSA) is 58.0 Å². The van der Waals surface area contributed by atoms with E-state index in [4.69, 9.17) is 0 Å². The highest BCUT2D eigenvalue weighted by Gasteiger charge is 2.03. The SMILES string of the molecule is Cc1ccc(Sc2ccnc(Nc3ccc(O)cc3)n2)cc1. The van der Waals surface area contributed by atoms with Gasteiger partial charge < -0.3 is 10.4 Å². The summed E-state index contributed by atoms with van der Waals surface area (Å²) in [7, 11) is 0. The van der Waals surface area contributed by atoms with E-state index in [1.54, 1.807) is 42.2 Å². The molecule has 4 nitrogen and oxygen atoms in total. The second-order valence-corrected chi connectivity index (χ2v) is 5.90. The number of anilines is 2. The molecule has 110 valence electrons. The van der Waals surface area contributed by atoms with Gasteiger partial charge in [-0.1, -0.05) is 29.5 Å². The number of hydrogen-bond donors (Lipinski definition) is 2. The van der Waals surface area contributed by atoms with Crippen LogP contribution in [0, 0.1) is 6.92 Å². The monoisotopic (exact) mass is 309 g/mol. The molecule has 1 heterocycles. The molecule has 0 saturated heterocycles. The smallest absolute Gasteiger partial charge is 0.228 e. The van der Waals surface area contributed by atoms with Crippen LogP contribution in [0.15, 0.2) is 70.7 Å². The highest BCUT2D eigenvalue weighted by atomic mass is 32.2. The van der Waals surface area contributed by atoms with Gasteiger partial charge in [0.1, 0.15) is 10.8 Å². The fourth-order valence-electron chi connectivity index (χ4n) is 1.86. The third-order valence-electron chi connectivity index (χ3n) is 3.00. The lowest BCUT2D eigenvalue weighted by Gasteiger charge is -2.06. The predicted octanol–water partition coefficient (Wildman–Crippen LogP) is 4.39. The molecule has 2 N–H and O–H groups in total. The van der Waals surface area contributed by atoms with Gasteiger partial charge in [-0.3, -0.25) is 0 Å². The number of aryl methyl sites for hydroxylation is 1. The Kier molecular flexibility index (Phi) is 4.25. The summed E-state index contributed by atoms with van der Waals surface area (Å²) in [6, 6.07) is 17.0. The molecule has 3 aromatic rings. The van der Waals surface area contributed by atoms with Gasteiger partial charge in [0.05, 0.1) is 0 Å². The van der Waals surface area contributed by atoms with Crippen molar-refractivity contribution in [1.82, 2.24) is 9.97 Å².